The summed E-state index contributed by atoms with van der Waals surface area (Å²) in [5, 5.41) is 51.1. The fourth-order valence-electron chi connectivity index (χ4n) is 5.24. The Labute approximate surface area is 272 Å². The highest BCUT2D eigenvalue weighted by Gasteiger charge is 2.67. The second-order valence-corrected chi connectivity index (χ2v) is 12.2. The lowest BCUT2D eigenvalue weighted by Crippen LogP contribution is -2.81. The van der Waals surface area contributed by atoms with E-state index >= 15 is 0 Å². The number of phenols is 3. The number of methoxy groups -OCH3 is 1. The second-order valence-electron chi connectivity index (χ2n) is 10.2. The van der Waals surface area contributed by atoms with E-state index in [1.807, 2.05) is 0 Å². The normalized spacial score (nSPS) is 20.2. The van der Waals surface area contributed by atoms with Gasteiger partial charge < -0.3 is 45.3 Å². The van der Waals surface area contributed by atoms with Crippen molar-refractivity contribution in [2.75, 3.05) is 19.1 Å². The summed E-state index contributed by atoms with van der Waals surface area (Å²) in [7, 11) is 1.10. The fraction of sp³-hybridized carbons (Fsp3) is 0.241. The summed E-state index contributed by atoms with van der Waals surface area (Å²) in [6, 6.07) is 5.26. The minimum Gasteiger partial charge on any atom is -0.508 e. The molecule has 3 amide bonds. The van der Waals surface area contributed by atoms with Crippen LogP contribution in [0.4, 0.5) is 0 Å². The lowest BCUT2D eigenvalue weighted by molar-refractivity contribution is -0.193. The summed E-state index contributed by atoms with van der Waals surface area (Å²) in [6.07, 6.45) is 2.27. The SMILES string of the molecule is CO[C@@]1(NC(=O)C(NC(=O)c2coc3cc(O)c(O)cc3c2=O)c2ccc(O)cc2)C(=O)N2C(C(=O)O)=C(C(SC)C(=O)O)CS[C@H]21. The number of hydrogen-bond acceptors (Lipinski definition) is 13. The number of aliphatic carboxylic acids is 2. The van der Waals surface area contributed by atoms with Crippen molar-refractivity contribution in [2.24, 2.45) is 0 Å². The molecule has 2 aromatic carbocycles. The number of carboxylic acids is 2. The van der Waals surface area contributed by atoms with Gasteiger partial charge in [-0.3, -0.25) is 28.9 Å². The molecule has 1 saturated heterocycles. The van der Waals surface area contributed by atoms with Crippen LogP contribution in [0.15, 0.2) is 63.1 Å². The number of nitrogens with zero attached hydrogens (tertiary/aromatic N) is 1. The molecule has 3 heterocycles. The molecule has 0 radical (unpaired) electrons. The molecule has 1 fully saturated rings. The average Bonchev–Trinajstić information content (AvgIpc) is 3.03. The van der Waals surface area contributed by atoms with Gasteiger partial charge in [0.1, 0.15) is 45.5 Å². The monoisotopic (exact) mass is 687 g/mol. The fourth-order valence-corrected chi connectivity index (χ4v) is 7.51. The van der Waals surface area contributed by atoms with E-state index in [0.717, 1.165) is 53.9 Å². The maximum atomic E-state index is 13.9. The van der Waals surface area contributed by atoms with Crippen molar-refractivity contribution in [2.45, 2.75) is 22.4 Å². The quantitative estimate of drug-likeness (QED) is 0.0888. The van der Waals surface area contributed by atoms with Crippen LogP contribution in [0.1, 0.15) is 22.0 Å². The Bertz CT molecular complexity index is 1930. The molecule has 0 aliphatic carbocycles. The molecule has 0 spiro atoms. The first kappa shape index (κ1) is 33.2. The maximum Gasteiger partial charge on any atom is 0.352 e. The van der Waals surface area contributed by atoms with Gasteiger partial charge in [-0.15, -0.1) is 23.5 Å². The average molecular weight is 688 g/mol. The van der Waals surface area contributed by atoms with Crippen molar-refractivity contribution in [3.8, 4) is 17.2 Å². The number of thioether (sulfide) groups is 2. The lowest BCUT2D eigenvalue weighted by Gasteiger charge is -2.56. The van der Waals surface area contributed by atoms with Crippen LogP contribution in [0.2, 0.25) is 0 Å². The molecule has 7 N–H and O–H groups in total. The number of ether oxygens (including phenoxy) is 1. The number of nitrogens with one attached hydrogen (secondary N) is 2. The first-order chi connectivity index (χ1) is 22.2. The van der Waals surface area contributed by atoms with Crippen LogP contribution in [0.3, 0.4) is 0 Å². The molecule has 2 unspecified atom stereocenters. The third-order valence-electron chi connectivity index (χ3n) is 7.55. The van der Waals surface area contributed by atoms with Gasteiger partial charge in [0.15, 0.2) is 11.5 Å². The lowest BCUT2D eigenvalue weighted by atomic mass is 9.96. The molecule has 2 aliphatic heterocycles. The Morgan fingerprint density at radius 3 is 2.34 bits per heavy atom. The first-order valence-corrected chi connectivity index (χ1v) is 15.7. The smallest absolute Gasteiger partial charge is 0.352 e. The highest BCUT2D eigenvalue weighted by Crippen LogP contribution is 2.48. The van der Waals surface area contributed by atoms with Gasteiger partial charge in [0.25, 0.3) is 17.5 Å². The zero-order chi connectivity index (χ0) is 34.4. The number of carbonyl (C=O) groups excluding carboxylic acids is 3. The number of aromatic hydroxyl groups is 3. The molecular weight excluding hydrogens is 662 g/mol. The van der Waals surface area contributed by atoms with Gasteiger partial charge in [-0.2, -0.15) is 0 Å². The van der Waals surface area contributed by atoms with Gasteiger partial charge in [0.2, 0.25) is 11.3 Å². The van der Waals surface area contributed by atoms with Crippen molar-refractivity contribution < 1.29 is 58.7 Å². The molecular formula is C29H25N3O13S2. The summed E-state index contributed by atoms with van der Waals surface area (Å²) in [5.41, 5.74) is -4.25. The third-order valence-corrected chi connectivity index (χ3v) is 9.84. The highest BCUT2D eigenvalue weighted by atomic mass is 32.2. The first-order valence-electron chi connectivity index (χ1n) is 13.4. The molecule has 1 aromatic heterocycles. The summed E-state index contributed by atoms with van der Waals surface area (Å²) in [5.74, 6) is -7.53. The Balaban J connectivity index is 1.48. The standard InChI is InChI=1S/C29H25N3O13S2/c1-44-29(27(43)32-20(25(39)40)15(10-47-28(29)32)22(46-2)26(41)42)31-24(38)19(11-3-5-12(33)6-4-11)30-23(37)14-9-45-18-8-17(35)16(34)7-13(18)21(14)36/h3-9,19,22,28,33-35H,10H2,1-2H3,(H,30,37)(H,31,38)(H,39,40)(H,41,42)/t19?,22?,28-,29-/m0/s1. The number of hydrogen-bond donors (Lipinski definition) is 7. The molecule has 246 valence electrons. The van der Waals surface area contributed by atoms with Crippen molar-refractivity contribution in [1.82, 2.24) is 15.5 Å². The van der Waals surface area contributed by atoms with Crippen LogP contribution < -0.4 is 16.1 Å². The van der Waals surface area contributed by atoms with Crippen LogP contribution in [0.5, 0.6) is 17.2 Å². The summed E-state index contributed by atoms with van der Waals surface area (Å²) in [6.45, 7) is 0. The van der Waals surface area contributed by atoms with E-state index in [1.54, 1.807) is 0 Å². The van der Waals surface area contributed by atoms with Crippen molar-refractivity contribution in [1.29, 1.82) is 0 Å². The zero-order valence-corrected chi connectivity index (χ0v) is 25.9. The highest BCUT2D eigenvalue weighted by molar-refractivity contribution is 8.01. The van der Waals surface area contributed by atoms with Crippen LogP contribution in [-0.4, -0.2) is 95.6 Å². The largest absolute Gasteiger partial charge is 0.508 e. The Hall–Kier alpha value is -5.20. The number of rotatable bonds is 10. The predicted molar refractivity (Wildman–Crippen MR) is 165 cm³/mol. The molecule has 47 heavy (non-hydrogen) atoms. The van der Waals surface area contributed by atoms with Crippen LogP contribution in [0, 0.1) is 0 Å². The van der Waals surface area contributed by atoms with Gasteiger partial charge in [0.05, 0.1) is 5.39 Å². The number of fused-ring (bicyclic) bond motifs is 2. The van der Waals surface area contributed by atoms with Gasteiger partial charge in [0, 0.05) is 18.9 Å². The Morgan fingerprint density at radius 1 is 1.09 bits per heavy atom. The molecule has 16 nitrogen and oxygen atoms in total. The molecule has 2 aliphatic rings. The van der Waals surface area contributed by atoms with E-state index < -0.39 is 80.2 Å². The second kappa shape index (κ2) is 12.5. The predicted octanol–water partition coefficient (Wildman–Crippen LogP) is 0.910. The summed E-state index contributed by atoms with van der Waals surface area (Å²) >= 11 is 1.84. The molecule has 3 aromatic rings. The van der Waals surface area contributed by atoms with Gasteiger partial charge >= 0.3 is 11.9 Å². The van der Waals surface area contributed by atoms with Crippen molar-refractivity contribution in [3.05, 3.63) is 75.3 Å². The molecule has 0 bridgehead atoms. The van der Waals surface area contributed by atoms with Gasteiger partial charge in [-0.25, -0.2) is 4.79 Å². The molecule has 4 atom stereocenters. The van der Waals surface area contributed by atoms with Crippen LogP contribution in [0.25, 0.3) is 11.0 Å². The number of benzene rings is 2. The molecule has 18 heteroatoms. The summed E-state index contributed by atoms with van der Waals surface area (Å²) in [4.78, 5) is 78.9. The van der Waals surface area contributed by atoms with Crippen LogP contribution in [-0.2, 0) is 23.9 Å². The third kappa shape index (κ3) is 5.59. The zero-order valence-electron chi connectivity index (χ0n) is 24.2. The van der Waals surface area contributed by atoms with E-state index in [1.165, 1.54) is 30.5 Å². The van der Waals surface area contributed by atoms with E-state index in [4.69, 9.17) is 9.15 Å². The van der Waals surface area contributed by atoms with Crippen molar-refractivity contribution >= 4 is 64.2 Å². The summed E-state index contributed by atoms with van der Waals surface area (Å²) < 4.78 is 10.8. The minimum absolute atomic E-state index is 0.0184. The van der Waals surface area contributed by atoms with E-state index in [9.17, 15) is 54.3 Å². The topological polar surface area (TPSA) is 253 Å². The Kier molecular flexibility index (Phi) is 8.85. The molecule has 5 rings (SSSR count). The number of β-lactam (4-membered cyclic amide) rings is 1. The minimum atomic E-state index is -2.15. The van der Waals surface area contributed by atoms with E-state index in [-0.39, 0.29) is 33.6 Å². The number of amides is 3. The van der Waals surface area contributed by atoms with Crippen molar-refractivity contribution in [3.63, 3.8) is 0 Å². The van der Waals surface area contributed by atoms with Gasteiger partial charge in [-0.1, -0.05) is 12.1 Å². The van der Waals surface area contributed by atoms with E-state index in [2.05, 4.69) is 10.6 Å². The van der Waals surface area contributed by atoms with Gasteiger partial charge in [-0.05, 0) is 35.6 Å². The van der Waals surface area contributed by atoms with Crippen LogP contribution >= 0.6 is 23.5 Å². The van der Waals surface area contributed by atoms with E-state index in [0.29, 0.717) is 0 Å². The Morgan fingerprint density at radius 2 is 1.74 bits per heavy atom. The molecule has 0 saturated carbocycles. The number of carbonyl (C=O) groups is 5. The maximum absolute atomic E-state index is 13.9. The number of carboxylic acid groups (broad SMARTS) is 2. The number of phenolic OH excluding ortho intramolecular Hbond substituents is 3.